The molecule has 0 saturated carbocycles. The fraction of sp³-hybridized carbons (Fsp3) is 0.364. The Morgan fingerprint density at radius 1 is 1.25 bits per heavy atom. The molecule has 5 heteroatoms. The normalized spacial score (nSPS) is 10.8. The second-order valence-corrected chi connectivity index (χ2v) is 3.97. The van der Waals surface area contributed by atoms with Gasteiger partial charge in [0.25, 0.3) is 0 Å². The maximum Gasteiger partial charge on any atom is 0.208 e. The van der Waals surface area contributed by atoms with Crippen molar-refractivity contribution in [2.45, 2.75) is 26.8 Å². The second-order valence-electron chi connectivity index (χ2n) is 3.97. The van der Waals surface area contributed by atoms with Crippen molar-refractivity contribution in [1.82, 2.24) is 19.5 Å². The van der Waals surface area contributed by atoms with Gasteiger partial charge in [-0.3, -0.25) is 4.57 Å². The average Bonchev–Trinajstić information content (AvgIpc) is 2.60. The Labute approximate surface area is 94.6 Å². The fourth-order valence-corrected chi connectivity index (χ4v) is 1.47. The van der Waals surface area contributed by atoms with E-state index in [1.807, 2.05) is 17.7 Å². The summed E-state index contributed by atoms with van der Waals surface area (Å²) in [5, 5.41) is 3.29. The van der Waals surface area contributed by atoms with Gasteiger partial charge in [0, 0.05) is 12.2 Å². The van der Waals surface area contributed by atoms with E-state index in [4.69, 9.17) is 0 Å². The summed E-state index contributed by atoms with van der Waals surface area (Å²) in [4.78, 5) is 12.4. The third-order valence-corrected chi connectivity index (χ3v) is 2.07. The highest BCUT2D eigenvalue weighted by Crippen LogP contribution is 2.15. The Morgan fingerprint density at radius 2 is 1.94 bits per heavy atom. The van der Waals surface area contributed by atoms with Crippen molar-refractivity contribution in [1.29, 1.82) is 0 Å². The minimum atomic E-state index is 0.338. The van der Waals surface area contributed by atoms with E-state index < -0.39 is 0 Å². The van der Waals surface area contributed by atoms with E-state index in [0.717, 1.165) is 17.3 Å². The van der Waals surface area contributed by atoms with E-state index in [9.17, 15) is 0 Å². The molecular weight excluding hydrogens is 202 g/mol. The number of nitrogens with one attached hydrogen (secondary N) is 1. The molecule has 0 saturated heterocycles. The lowest BCUT2D eigenvalue weighted by molar-refractivity contribution is 0.861. The molecular formula is C11H15N5. The van der Waals surface area contributed by atoms with E-state index in [-0.39, 0.29) is 0 Å². The first-order valence-electron chi connectivity index (χ1n) is 5.24. The predicted molar refractivity (Wildman–Crippen MR) is 62.6 cm³/mol. The lowest BCUT2D eigenvalue weighted by Gasteiger charge is -2.11. The number of imidazole rings is 1. The number of hydrogen-bond donors (Lipinski definition) is 1. The van der Waals surface area contributed by atoms with Crippen LogP contribution >= 0.6 is 0 Å². The smallest absolute Gasteiger partial charge is 0.208 e. The highest BCUT2D eigenvalue weighted by atomic mass is 15.2. The van der Waals surface area contributed by atoms with E-state index >= 15 is 0 Å². The van der Waals surface area contributed by atoms with Gasteiger partial charge in [-0.15, -0.1) is 0 Å². The molecule has 0 radical (unpaired) electrons. The monoisotopic (exact) mass is 217 g/mol. The molecule has 2 aromatic heterocycles. The van der Waals surface area contributed by atoms with Crippen LogP contribution in [0.5, 0.6) is 0 Å². The minimum absolute atomic E-state index is 0.338. The average molecular weight is 217 g/mol. The highest BCUT2D eigenvalue weighted by Gasteiger charge is 2.08. The third-order valence-electron chi connectivity index (χ3n) is 2.07. The van der Waals surface area contributed by atoms with E-state index in [2.05, 4.69) is 34.1 Å². The molecule has 0 unspecified atom stereocenters. The molecule has 2 heterocycles. The standard InChI is InChI=1S/C11H15N5/c1-8(2)14-11-15-9(3)6-16(11)10-4-12-7-13-5-10/h4-8H,1-3H3,(H,14,15). The molecule has 0 aliphatic rings. The molecule has 84 valence electrons. The fourth-order valence-electron chi connectivity index (χ4n) is 1.47. The molecule has 5 nitrogen and oxygen atoms in total. The molecule has 0 aromatic carbocycles. The molecule has 0 fully saturated rings. The number of hydrogen-bond acceptors (Lipinski definition) is 4. The number of aromatic nitrogens is 4. The van der Waals surface area contributed by atoms with Crippen LogP contribution in [0.1, 0.15) is 19.5 Å². The number of aryl methyl sites for hydroxylation is 1. The molecule has 0 aliphatic carbocycles. The predicted octanol–water partition coefficient (Wildman–Crippen LogP) is 1.79. The maximum absolute atomic E-state index is 4.42. The minimum Gasteiger partial charge on any atom is -0.353 e. The molecule has 0 amide bonds. The first-order valence-corrected chi connectivity index (χ1v) is 5.24. The van der Waals surface area contributed by atoms with Gasteiger partial charge in [0.1, 0.15) is 6.33 Å². The van der Waals surface area contributed by atoms with Crippen LogP contribution in [0, 0.1) is 6.92 Å². The van der Waals surface area contributed by atoms with Gasteiger partial charge in [-0.05, 0) is 20.8 Å². The van der Waals surface area contributed by atoms with Crippen molar-refractivity contribution in [3.63, 3.8) is 0 Å². The lowest BCUT2D eigenvalue weighted by atomic mass is 10.4. The zero-order valence-corrected chi connectivity index (χ0v) is 9.68. The van der Waals surface area contributed by atoms with Crippen LogP contribution in [0.25, 0.3) is 5.69 Å². The quantitative estimate of drug-likeness (QED) is 0.851. The summed E-state index contributed by atoms with van der Waals surface area (Å²) in [6.07, 6.45) is 7.01. The number of anilines is 1. The third kappa shape index (κ3) is 2.18. The molecule has 1 N–H and O–H groups in total. The van der Waals surface area contributed by atoms with Crippen LogP contribution in [0.15, 0.2) is 24.9 Å². The van der Waals surface area contributed by atoms with Crippen LogP contribution in [0.4, 0.5) is 5.95 Å². The molecule has 2 rings (SSSR count). The summed E-state index contributed by atoms with van der Waals surface area (Å²) in [7, 11) is 0. The Bertz CT molecular complexity index is 460. The second kappa shape index (κ2) is 4.30. The highest BCUT2D eigenvalue weighted by molar-refractivity contribution is 5.40. The molecule has 0 aliphatic heterocycles. The van der Waals surface area contributed by atoms with Gasteiger partial charge < -0.3 is 5.32 Å². The van der Waals surface area contributed by atoms with Crippen LogP contribution in [0.2, 0.25) is 0 Å². The molecule has 0 bridgehead atoms. The summed E-state index contributed by atoms with van der Waals surface area (Å²) in [5.74, 6) is 0.822. The van der Waals surface area contributed by atoms with Gasteiger partial charge in [-0.1, -0.05) is 0 Å². The van der Waals surface area contributed by atoms with Crippen molar-refractivity contribution < 1.29 is 0 Å². The van der Waals surface area contributed by atoms with E-state index in [1.54, 1.807) is 12.4 Å². The molecule has 16 heavy (non-hydrogen) atoms. The van der Waals surface area contributed by atoms with Crippen molar-refractivity contribution in [2.24, 2.45) is 0 Å². The largest absolute Gasteiger partial charge is 0.353 e. The Kier molecular flexibility index (Phi) is 2.85. The lowest BCUT2D eigenvalue weighted by Crippen LogP contribution is -2.14. The SMILES string of the molecule is Cc1cn(-c2cncnc2)c(NC(C)C)n1. The van der Waals surface area contributed by atoms with Crippen molar-refractivity contribution in [2.75, 3.05) is 5.32 Å². The van der Waals surface area contributed by atoms with Gasteiger partial charge in [0.05, 0.1) is 23.8 Å². The zero-order chi connectivity index (χ0) is 11.5. The molecule has 0 atom stereocenters. The summed E-state index contributed by atoms with van der Waals surface area (Å²) in [6, 6.07) is 0.338. The number of rotatable bonds is 3. The topological polar surface area (TPSA) is 55.6 Å². The van der Waals surface area contributed by atoms with Crippen molar-refractivity contribution in [3.8, 4) is 5.69 Å². The number of nitrogens with zero attached hydrogens (tertiary/aromatic N) is 4. The molecule has 2 aromatic rings. The summed E-state index contributed by atoms with van der Waals surface area (Å²) in [6.45, 7) is 6.12. The summed E-state index contributed by atoms with van der Waals surface area (Å²) in [5.41, 5.74) is 1.87. The molecule has 0 spiro atoms. The first-order chi connectivity index (χ1) is 7.66. The zero-order valence-electron chi connectivity index (χ0n) is 9.68. The van der Waals surface area contributed by atoms with Gasteiger partial charge >= 0.3 is 0 Å². The van der Waals surface area contributed by atoms with Crippen LogP contribution in [0.3, 0.4) is 0 Å². The summed E-state index contributed by atoms with van der Waals surface area (Å²) < 4.78 is 1.95. The van der Waals surface area contributed by atoms with Gasteiger partial charge in [-0.2, -0.15) is 0 Å². The van der Waals surface area contributed by atoms with Gasteiger partial charge in [-0.25, -0.2) is 15.0 Å². The Morgan fingerprint density at radius 3 is 2.56 bits per heavy atom. The Balaban J connectivity index is 2.40. The van der Waals surface area contributed by atoms with Gasteiger partial charge in [0.2, 0.25) is 5.95 Å². The van der Waals surface area contributed by atoms with E-state index in [0.29, 0.717) is 6.04 Å². The summed E-state index contributed by atoms with van der Waals surface area (Å²) >= 11 is 0. The van der Waals surface area contributed by atoms with E-state index in [1.165, 1.54) is 6.33 Å². The van der Waals surface area contributed by atoms with Crippen molar-refractivity contribution >= 4 is 5.95 Å². The van der Waals surface area contributed by atoms with Crippen LogP contribution in [-0.4, -0.2) is 25.6 Å². The maximum atomic E-state index is 4.42. The first kappa shape index (κ1) is 10.6. The van der Waals surface area contributed by atoms with Crippen LogP contribution < -0.4 is 5.32 Å². The van der Waals surface area contributed by atoms with Gasteiger partial charge in [0.15, 0.2) is 0 Å². The Hall–Kier alpha value is -1.91. The van der Waals surface area contributed by atoms with Crippen LogP contribution in [-0.2, 0) is 0 Å². The van der Waals surface area contributed by atoms with Crippen molar-refractivity contribution in [3.05, 3.63) is 30.6 Å².